The third kappa shape index (κ3) is 9.75. The summed E-state index contributed by atoms with van der Waals surface area (Å²) in [6.07, 6.45) is 16.3. The van der Waals surface area contributed by atoms with Crippen molar-refractivity contribution in [2.24, 2.45) is 0 Å². The van der Waals surface area contributed by atoms with Crippen LogP contribution in [0.5, 0.6) is 11.8 Å². The lowest BCUT2D eigenvalue weighted by molar-refractivity contribution is 0.202. The van der Waals surface area contributed by atoms with Crippen LogP contribution in [-0.4, -0.2) is 117 Å². The van der Waals surface area contributed by atoms with Crippen molar-refractivity contribution in [3.63, 3.8) is 0 Å². The number of nitriles is 2. The molecule has 0 radical (unpaired) electrons. The minimum absolute atomic E-state index is 0.238. The van der Waals surface area contributed by atoms with E-state index in [9.17, 15) is 5.26 Å². The van der Waals surface area contributed by atoms with Gasteiger partial charge in [-0.15, -0.1) is 6.42 Å². The fraction of sp³-hybridized carbons (Fsp3) is 0.400. The lowest BCUT2D eigenvalue weighted by atomic mass is 10.1. The van der Waals surface area contributed by atoms with Gasteiger partial charge in [-0.25, -0.2) is 29.9 Å². The number of nitrogens with zero attached hydrogens (tertiary/aromatic N) is 12. The quantitative estimate of drug-likeness (QED) is 0.166. The molecule has 14 nitrogen and oxygen atoms in total. The summed E-state index contributed by atoms with van der Waals surface area (Å²) in [6, 6.07) is 16.9. The van der Waals surface area contributed by atoms with Crippen molar-refractivity contribution in [2.45, 2.75) is 49.9 Å². The van der Waals surface area contributed by atoms with Gasteiger partial charge in [0, 0.05) is 88.3 Å². The monoisotopic (exact) mass is 848 g/mol. The number of hydrogen-bond acceptors (Lipinski definition) is 14. The maximum absolute atomic E-state index is 9.27. The largest absolute Gasteiger partial charge is 0.481 e. The molecule has 4 fully saturated rings. The van der Waals surface area contributed by atoms with Crippen LogP contribution < -0.4 is 19.3 Å². The number of aromatic nitrogens is 6. The zero-order valence-corrected chi connectivity index (χ0v) is 32.9. The summed E-state index contributed by atoms with van der Waals surface area (Å²) >= 11 is 2.14. The lowest BCUT2D eigenvalue weighted by Gasteiger charge is -2.39. The number of ether oxygens (including phenoxy) is 2. The minimum Gasteiger partial charge on any atom is -0.481 e. The van der Waals surface area contributed by atoms with Crippen LogP contribution in [0.25, 0.3) is 0 Å². The van der Waals surface area contributed by atoms with E-state index in [1.54, 1.807) is 39.0 Å². The number of piperazine rings is 2. The fourth-order valence-corrected chi connectivity index (χ4v) is 7.81. The van der Waals surface area contributed by atoms with Gasteiger partial charge in [-0.1, -0.05) is 24.0 Å². The van der Waals surface area contributed by atoms with E-state index in [4.69, 9.17) is 21.2 Å². The van der Waals surface area contributed by atoms with Crippen LogP contribution in [0, 0.1) is 50.5 Å². The van der Waals surface area contributed by atoms with E-state index in [1.807, 2.05) is 36.4 Å². The fourth-order valence-electron chi connectivity index (χ4n) is 7.37. The SMILES string of the molecule is C#C[C@H]1CC[C@H]2CN(c3nccnc3C#N)CCN21.COc1cccc(C#C[C@H]2CC[C@H]3CN(c4nccnc4C#N)CCN32)n1.COc1cccc(I)n1. The first-order chi connectivity index (χ1) is 26.9. The summed E-state index contributed by atoms with van der Waals surface area (Å²) in [5.41, 5.74) is 1.53. The molecule has 280 valence electrons. The molecular formula is C40H41IN12O2. The van der Waals surface area contributed by atoms with Crippen molar-refractivity contribution in [1.82, 2.24) is 39.7 Å². The van der Waals surface area contributed by atoms with E-state index in [-0.39, 0.29) is 12.1 Å². The number of hydrogen-bond donors (Lipinski definition) is 0. The molecule has 8 rings (SSSR count). The van der Waals surface area contributed by atoms with Gasteiger partial charge < -0.3 is 19.3 Å². The van der Waals surface area contributed by atoms with E-state index in [0.717, 1.165) is 74.3 Å². The molecule has 8 heterocycles. The first kappa shape index (κ1) is 39.1. The number of methoxy groups -OCH3 is 2. The van der Waals surface area contributed by atoms with Crippen molar-refractivity contribution < 1.29 is 9.47 Å². The second-order valence-corrected chi connectivity index (χ2v) is 14.2. The van der Waals surface area contributed by atoms with E-state index in [2.05, 4.69) is 102 Å². The molecule has 55 heavy (non-hydrogen) atoms. The predicted molar refractivity (Wildman–Crippen MR) is 215 cm³/mol. The van der Waals surface area contributed by atoms with E-state index in [0.29, 0.717) is 46.9 Å². The Hall–Kier alpha value is -5.59. The third-order valence-corrected chi connectivity index (χ3v) is 10.6. The molecule has 0 bridgehead atoms. The Balaban J connectivity index is 0.000000159. The van der Waals surface area contributed by atoms with Crippen LogP contribution in [0.2, 0.25) is 0 Å². The van der Waals surface area contributed by atoms with Crippen LogP contribution in [0.15, 0.2) is 61.2 Å². The Labute approximate surface area is 335 Å². The van der Waals surface area contributed by atoms with E-state index >= 15 is 0 Å². The normalized spacial score (nSPS) is 21.3. The maximum atomic E-state index is 9.27. The third-order valence-electron chi connectivity index (χ3n) is 9.96. The van der Waals surface area contributed by atoms with E-state index in [1.165, 1.54) is 0 Å². The van der Waals surface area contributed by atoms with Crippen molar-refractivity contribution in [2.75, 3.05) is 63.3 Å². The lowest BCUT2D eigenvalue weighted by Crippen LogP contribution is -2.52. The van der Waals surface area contributed by atoms with Crippen molar-refractivity contribution in [3.8, 4) is 48.1 Å². The highest BCUT2D eigenvalue weighted by atomic mass is 127. The topological polar surface area (TPSA) is 156 Å². The molecule has 4 saturated heterocycles. The second-order valence-electron chi connectivity index (χ2n) is 13.0. The number of fused-ring (bicyclic) bond motifs is 2. The molecule has 0 amide bonds. The summed E-state index contributed by atoms with van der Waals surface area (Å²) in [7, 11) is 3.22. The summed E-state index contributed by atoms with van der Waals surface area (Å²) < 4.78 is 11.0. The first-order valence-corrected chi connectivity index (χ1v) is 19.1. The smallest absolute Gasteiger partial charge is 0.214 e. The first-order valence-electron chi connectivity index (χ1n) is 18.0. The van der Waals surface area contributed by atoms with Gasteiger partial charge in [0.1, 0.15) is 21.5 Å². The molecule has 0 spiro atoms. The van der Waals surface area contributed by atoms with Gasteiger partial charge in [0.25, 0.3) is 0 Å². The summed E-state index contributed by atoms with van der Waals surface area (Å²) in [5, 5.41) is 18.4. The van der Waals surface area contributed by atoms with Crippen LogP contribution in [0.3, 0.4) is 0 Å². The number of pyridine rings is 2. The standard InChI is InChI=1S/C20H20N6O.C14H15N5.C6H6INO/c1-27-19-4-2-3-15(24-19)5-6-16-7-8-17-14-25(11-12-26(16)17)20-18(13-21)22-9-10-23-20;1-2-11-3-4-12-10-18(7-8-19(11)12)14-13(9-15)16-5-6-17-14;1-9-6-4-2-3-5(7)8-6/h2-4,9-10,16-17H,7-8,11-12,14H2,1H3;1,5-6,11-12H,3-4,7-8,10H2;2-4H,1H3/t16-,17-;11-,12-;/m00./s1. The average molecular weight is 849 g/mol. The van der Waals surface area contributed by atoms with Crippen LogP contribution >= 0.6 is 22.6 Å². The van der Waals surface area contributed by atoms with Crippen molar-refractivity contribution in [1.29, 1.82) is 10.5 Å². The molecule has 0 aromatic carbocycles. The molecule has 0 unspecified atom stereocenters. The van der Waals surface area contributed by atoms with Gasteiger partial charge in [0.15, 0.2) is 23.0 Å². The number of halogens is 1. The Morgan fingerprint density at radius 2 is 1.22 bits per heavy atom. The van der Waals surface area contributed by atoms with Crippen LogP contribution in [0.1, 0.15) is 42.8 Å². The predicted octanol–water partition coefficient (Wildman–Crippen LogP) is 3.79. The molecule has 4 aliphatic heterocycles. The van der Waals surface area contributed by atoms with Gasteiger partial charge in [0.2, 0.25) is 11.8 Å². The summed E-state index contributed by atoms with van der Waals surface area (Å²) in [5.74, 6) is 12.1. The number of anilines is 2. The Kier molecular flexibility index (Phi) is 13.6. The molecule has 4 aromatic heterocycles. The van der Waals surface area contributed by atoms with Crippen LogP contribution in [0.4, 0.5) is 11.6 Å². The number of terminal acetylenes is 1. The van der Waals surface area contributed by atoms with Crippen molar-refractivity contribution >= 4 is 34.2 Å². The Morgan fingerprint density at radius 1 is 0.691 bits per heavy atom. The molecule has 0 N–H and O–H groups in total. The Bertz CT molecular complexity index is 2120. The molecule has 15 heteroatoms. The van der Waals surface area contributed by atoms with Gasteiger partial charge in [-0.2, -0.15) is 10.5 Å². The Morgan fingerprint density at radius 3 is 1.75 bits per heavy atom. The minimum atomic E-state index is 0.238. The zero-order chi connectivity index (χ0) is 38.6. The molecule has 4 aromatic rings. The zero-order valence-electron chi connectivity index (χ0n) is 30.8. The highest BCUT2D eigenvalue weighted by Gasteiger charge is 2.38. The molecule has 0 aliphatic carbocycles. The molecule has 0 saturated carbocycles. The van der Waals surface area contributed by atoms with Gasteiger partial charge in [-0.05, 0) is 66.3 Å². The van der Waals surface area contributed by atoms with Gasteiger partial charge in [0.05, 0.1) is 26.3 Å². The van der Waals surface area contributed by atoms with Crippen molar-refractivity contribution in [3.05, 3.63) is 82.0 Å². The summed E-state index contributed by atoms with van der Waals surface area (Å²) in [4.78, 5) is 34.5. The van der Waals surface area contributed by atoms with E-state index < -0.39 is 0 Å². The molecular weight excluding hydrogens is 807 g/mol. The number of rotatable bonds is 4. The molecule has 4 atom stereocenters. The molecule has 4 aliphatic rings. The second kappa shape index (κ2) is 19.1. The maximum Gasteiger partial charge on any atom is 0.214 e. The average Bonchev–Trinajstić information content (AvgIpc) is 3.86. The summed E-state index contributed by atoms with van der Waals surface area (Å²) in [6.45, 7) is 5.23. The highest BCUT2D eigenvalue weighted by molar-refractivity contribution is 14.1. The van der Waals surface area contributed by atoms with Gasteiger partial charge in [-0.3, -0.25) is 9.80 Å². The van der Waals surface area contributed by atoms with Gasteiger partial charge >= 0.3 is 0 Å². The van der Waals surface area contributed by atoms with Crippen LogP contribution in [-0.2, 0) is 0 Å². The highest BCUT2D eigenvalue weighted by Crippen LogP contribution is 2.31.